The zero-order valence-corrected chi connectivity index (χ0v) is 16.3. The molecule has 1 aliphatic rings. The average Bonchev–Trinajstić information content (AvgIpc) is 3.17. The van der Waals surface area contributed by atoms with Crippen molar-refractivity contribution in [2.24, 2.45) is 0 Å². The molecule has 0 atom stereocenters. The number of nitrogens with zero attached hydrogens (tertiary/aromatic N) is 3. The molecule has 132 valence electrons. The number of anilines is 1. The van der Waals surface area contributed by atoms with Crippen molar-refractivity contribution in [1.82, 2.24) is 15.2 Å². The third kappa shape index (κ3) is 4.00. The minimum atomic E-state index is -0.299. The maximum absolute atomic E-state index is 12.3. The fourth-order valence-corrected chi connectivity index (χ4v) is 4.17. The Morgan fingerprint density at radius 2 is 1.96 bits per heavy atom. The van der Waals surface area contributed by atoms with Crippen molar-refractivity contribution < 1.29 is 4.79 Å². The van der Waals surface area contributed by atoms with E-state index < -0.39 is 0 Å². The highest BCUT2D eigenvalue weighted by Gasteiger charge is 2.26. The van der Waals surface area contributed by atoms with Crippen molar-refractivity contribution in [3.8, 4) is 0 Å². The van der Waals surface area contributed by atoms with Crippen LogP contribution in [0.3, 0.4) is 0 Å². The lowest BCUT2D eigenvalue weighted by atomic mass is 10.2. The zero-order chi connectivity index (χ0) is 18.1. The molecule has 26 heavy (non-hydrogen) atoms. The van der Waals surface area contributed by atoms with Crippen LogP contribution < -0.4 is 5.32 Å². The van der Waals surface area contributed by atoms with E-state index in [1.165, 1.54) is 12.8 Å². The number of hydrogen-bond acceptors (Lipinski definition) is 6. The molecule has 4 rings (SSSR count). The topological polar surface area (TPSA) is 67.8 Å². The summed E-state index contributed by atoms with van der Waals surface area (Å²) in [4.78, 5) is 16.9. The van der Waals surface area contributed by atoms with Crippen LogP contribution >= 0.6 is 34.3 Å². The van der Waals surface area contributed by atoms with Gasteiger partial charge in [0.1, 0.15) is 0 Å². The van der Waals surface area contributed by atoms with E-state index in [2.05, 4.69) is 20.5 Å². The SMILES string of the molecule is Cc1ccc(NC(=O)c2nnc(C(Cl)=Cc3csc(C4CC4)n3)s2)cc1. The third-order valence-corrected chi connectivity index (χ3v) is 6.25. The highest BCUT2D eigenvalue weighted by atomic mass is 35.5. The lowest BCUT2D eigenvalue weighted by Gasteiger charge is -2.02. The van der Waals surface area contributed by atoms with Crippen LogP contribution in [0.4, 0.5) is 5.69 Å². The molecular weight excluding hydrogens is 388 g/mol. The van der Waals surface area contributed by atoms with Crippen LogP contribution in [0.15, 0.2) is 29.6 Å². The summed E-state index contributed by atoms with van der Waals surface area (Å²) in [6.45, 7) is 1.99. The number of carbonyl (C=O) groups excluding carboxylic acids is 1. The number of carbonyl (C=O) groups is 1. The molecule has 0 aliphatic heterocycles. The predicted molar refractivity (Wildman–Crippen MR) is 107 cm³/mol. The van der Waals surface area contributed by atoms with Gasteiger partial charge in [-0.3, -0.25) is 4.79 Å². The van der Waals surface area contributed by atoms with Gasteiger partial charge in [0.05, 0.1) is 15.7 Å². The van der Waals surface area contributed by atoms with E-state index in [4.69, 9.17) is 11.6 Å². The molecule has 1 aliphatic carbocycles. The second-order valence-corrected chi connectivity index (χ2v) is 8.38. The van der Waals surface area contributed by atoms with Crippen LogP contribution in [0.1, 0.15) is 49.8 Å². The molecular formula is C18H15ClN4OS2. The number of amides is 1. The summed E-state index contributed by atoms with van der Waals surface area (Å²) >= 11 is 9.16. The maximum atomic E-state index is 12.3. The van der Waals surface area contributed by atoms with Crippen LogP contribution in [0.25, 0.3) is 11.1 Å². The van der Waals surface area contributed by atoms with Gasteiger partial charge in [-0.25, -0.2) is 4.98 Å². The van der Waals surface area contributed by atoms with Crippen molar-refractivity contribution in [3.05, 3.63) is 55.9 Å². The van der Waals surface area contributed by atoms with Crippen LogP contribution in [0.5, 0.6) is 0 Å². The van der Waals surface area contributed by atoms with Crippen molar-refractivity contribution in [1.29, 1.82) is 0 Å². The summed E-state index contributed by atoms with van der Waals surface area (Å²) in [7, 11) is 0. The van der Waals surface area contributed by atoms with Crippen molar-refractivity contribution in [2.75, 3.05) is 5.32 Å². The molecule has 2 heterocycles. The molecule has 1 aromatic carbocycles. The number of hydrogen-bond donors (Lipinski definition) is 1. The van der Waals surface area contributed by atoms with Crippen LogP contribution in [0.2, 0.25) is 0 Å². The van der Waals surface area contributed by atoms with E-state index in [1.54, 1.807) is 17.4 Å². The first kappa shape index (κ1) is 17.3. The molecule has 0 saturated heterocycles. The minimum Gasteiger partial charge on any atom is -0.320 e. The quantitative estimate of drug-likeness (QED) is 0.639. The van der Waals surface area contributed by atoms with E-state index in [-0.39, 0.29) is 10.9 Å². The monoisotopic (exact) mass is 402 g/mol. The summed E-state index contributed by atoms with van der Waals surface area (Å²) < 4.78 is 0. The number of rotatable bonds is 5. The lowest BCUT2D eigenvalue weighted by molar-refractivity contribution is 0.102. The molecule has 0 spiro atoms. The highest BCUT2D eigenvalue weighted by molar-refractivity contribution is 7.15. The van der Waals surface area contributed by atoms with Gasteiger partial charge in [-0.2, -0.15) is 0 Å². The summed E-state index contributed by atoms with van der Waals surface area (Å²) in [5.41, 5.74) is 2.67. The molecule has 1 amide bonds. The fraction of sp³-hybridized carbons (Fsp3) is 0.222. The smallest absolute Gasteiger partial charge is 0.286 e. The number of aryl methyl sites for hydroxylation is 1. The fourth-order valence-electron chi connectivity index (χ4n) is 2.31. The van der Waals surface area contributed by atoms with Crippen molar-refractivity contribution in [3.63, 3.8) is 0 Å². The van der Waals surface area contributed by atoms with Gasteiger partial charge in [0.15, 0.2) is 5.01 Å². The number of halogens is 1. The third-order valence-electron chi connectivity index (χ3n) is 3.87. The first-order valence-corrected chi connectivity index (χ1v) is 10.2. The van der Waals surface area contributed by atoms with Gasteiger partial charge in [-0.1, -0.05) is 40.6 Å². The summed E-state index contributed by atoms with van der Waals surface area (Å²) in [5.74, 6) is 0.325. The average molecular weight is 403 g/mol. The normalized spacial score (nSPS) is 14.5. The Morgan fingerprint density at radius 3 is 2.69 bits per heavy atom. The van der Waals surface area contributed by atoms with Gasteiger partial charge in [0.25, 0.3) is 5.91 Å². The number of thiazole rings is 1. The van der Waals surface area contributed by atoms with Crippen LogP contribution in [-0.2, 0) is 0 Å². The van der Waals surface area contributed by atoms with E-state index in [9.17, 15) is 4.79 Å². The van der Waals surface area contributed by atoms with E-state index in [0.717, 1.165) is 27.6 Å². The van der Waals surface area contributed by atoms with E-state index in [1.807, 2.05) is 36.6 Å². The summed E-state index contributed by atoms with van der Waals surface area (Å²) in [5, 5.41) is 15.1. The van der Waals surface area contributed by atoms with Crippen LogP contribution in [0, 0.1) is 6.92 Å². The molecule has 1 N–H and O–H groups in total. The van der Waals surface area contributed by atoms with Gasteiger partial charge in [-0.15, -0.1) is 21.5 Å². The summed E-state index contributed by atoms with van der Waals surface area (Å²) in [6, 6.07) is 7.57. The number of benzene rings is 1. The van der Waals surface area contributed by atoms with Crippen LogP contribution in [-0.4, -0.2) is 21.1 Å². The molecule has 1 fully saturated rings. The summed E-state index contributed by atoms with van der Waals surface area (Å²) in [6.07, 6.45) is 4.21. The molecule has 3 aromatic rings. The lowest BCUT2D eigenvalue weighted by Crippen LogP contribution is -2.11. The Balaban J connectivity index is 1.46. The molecule has 2 aromatic heterocycles. The van der Waals surface area contributed by atoms with E-state index in [0.29, 0.717) is 21.6 Å². The molecule has 5 nitrogen and oxygen atoms in total. The largest absolute Gasteiger partial charge is 0.320 e. The zero-order valence-electron chi connectivity index (χ0n) is 13.9. The second kappa shape index (κ2) is 7.26. The van der Waals surface area contributed by atoms with Gasteiger partial charge in [0.2, 0.25) is 5.01 Å². The minimum absolute atomic E-state index is 0.268. The molecule has 8 heteroatoms. The Hall–Kier alpha value is -2.09. The first-order valence-electron chi connectivity index (χ1n) is 8.13. The number of nitrogens with one attached hydrogen (secondary N) is 1. The second-order valence-electron chi connectivity index (χ2n) is 6.11. The Labute approximate surface area is 163 Å². The highest BCUT2D eigenvalue weighted by Crippen LogP contribution is 2.41. The Kier molecular flexibility index (Phi) is 4.84. The Morgan fingerprint density at radius 1 is 1.23 bits per heavy atom. The van der Waals surface area contributed by atoms with Gasteiger partial charge in [0, 0.05) is 17.0 Å². The van der Waals surface area contributed by atoms with Gasteiger partial charge >= 0.3 is 0 Å². The predicted octanol–water partition coefficient (Wildman–Crippen LogP) is 5.17. The van der Waals surface area contributed by atoms with Crippen molar-refractivity contribution >= 4 is 57.0 Å². The molecule has 1 saturated carbocycles. The molecule has 0 radical (unpaired) electrons. The number of aromatic nitrogens is 3. The molecule has 0 unspecified atom stereocenters. The van der Waals surface area contributed by atoms with Gasteiger partial charge in [-0.05, 0) is 38.0 Å². The van der Waals surface area contributed by atoms with E-state index >= 15 is 0 Å². The molecule has 0 bridgehead atoms. The standard InChI is InChI=1S/C18H15ClN4OS2/c1-10-2-6-12(7-3-10)20-15(24)18-23-22-17(26-18)14(19)8-13-9-25-16(21-13)11-4-5-11/h2-3,6-9,11H,4-5H2,1H3,(H,20,24). The van der Waals surface area contributed by atoms with Crippen molar-refractivity contribution in [2.45, 2.75) is 25.7 Å². The van der Waals surface area contributed by atoms with Gasteiger partial charge < -0.3 is 5.32 Å². The Bertz CT molecular complexity index is 973. The maximum Gasteiger partial charge on any atom is 0.286 e. The first-order chi connectivity index (χ1) is 12.6.